The van der Waals surface area contributed by atoms with Gasteiger partial charge >= 0.3 is 0 Å². The maximum Gasteiger partial charge on any atom is -0.00106 e. The Labute approximate surface area is 181 Å². The Bertz CT molecular complexity index is 1110. The Balaban J connectivity index is 1.38. The van der Waals surface area contributed by atoms with Crippen molar-refractivity contribution in [1.82, 2.24) is 0 Å². The first-order chi connectivity index (χ1) is 14.6. The highest BCUT2D eigenvalue weighted by atomic mass is 14.5. The van der Waals surface area contributed by atoms with E-state index in [4.69, 9.17) is 0 Å². The van der Waals surface area contributed by atoms with Gasteiger partial charge < -0.3 is 0 Å². The van der Waals surface area contributed by atoms with Gasteiger partial charge in [-0.15, -0.1) is 0 Å². The van der Waals surface area contributed by atoms with Crippen LogP contribution in [-0.4, -0.2) is 0 Å². The molecule has 1 saturated carbocycles. The van der Waals surface area contributed by atoms with Gasteiger partial charge in [0.2, 0.25) is 0 Å². The number of hydrogen-bond acceptors (Lipinski definition) is 0. The van der Waals surface area contributed by atoms with E-state index in [-0.39, 0.29) is 0 Å². The van der Waals surface area contributed by atoms with Crippen molar-refractivity contribution in [3.05, 3.63) is 94.1 Å². The molecule has 0 bridgehead atoms. The molecule has 4 aliphatic rings. The monoisotopic (exact) mass is 392 g/mol. The summed E-state index contributed by atoms with van der Waals surface area (Å²) in [7, 11) is 0. The van der Waals surface area contributed by atoms with Crippen LogP contribution in [0.2, 0.25) is 0 Å². The van der Waals surface area contributed by atoms with E-state index in [1.807, 2.05) is 0 Å². The maximum absolute atomic E-state index is 4.54. The highest BCUT2D eigenvalue weighted by Crippen LogP contribution is 2.52. The quantitative estimate of drug-likeness (QED) is 0.470. The van der Waals surface area contributed by atoms with Crippen molar-refractivity contribution >= 4 is 11.1 Å². The zero-order valence-corrected chi connectivity index (χ0v) is 18.4. The van der Waals surface area contributed by atoms with Gasteiger partial charge in [0.25, 0.3) is 0 Å². The normalized spacial score (nSPS) is 30.5. The molecule has 1 fully saturated rings. The zero-order valence-electron chi connectivity index (χ0n) is 18.4. The molecule has 6 rings (SSSR count). The van der Waals surface area contributed by atoms with Crippen molar-refractivity contribution < 1.29 is 0 Å². The van der Waals surface area contributed by atoms with Crippen molar-refractivity contribution in [2.75, 3.05) is 0 Å². The molecular weight excluding hydrogens is 360 g/mol. The van der Waals surface area contributed by atoms with Gasteiger partial charge in [-0.3, -0.25) is 0 Å². The van der Waals surface area contributed by atoms with E-state index in [2.05, 4.69) is 69.0 Å². The Morgan fingerprint density at radius 1 is 0.933 bits per heavy atom. The zero-order chi connectivity index (χ0) is 20.4. The summed E-state index contributed by atoms with van der Waals surface area (Å²) in [6.45, 7) is 9.55. The van der Waals surface area contributed by atoms with Gasteiger partial charge in [0.15, 0.2) is 0 Å². The first-order valence-corrected chi connectivity index (χ1v) is 11.9. The molecule has 4 aliphatic carbocycles. The Morgan fingerprint density at radius 3 is 2.70 bits per heavy atom. The largest absolute Gasteiger partial charge is 0.0909 e. The summed E-state index contributed by atoms with van der Waals surface area (Å²) in [4.78, 5) is 0. The van der Waals surface area contributed by atoms with E-state index in [1.54, 1.807) is 16.7 Å². The van der Waals surface area contributed by atoms with Crippen LogP contribution < -0.4 is 0 Å². The summed E-state index contributed by atoms with van der Waals surface area (Å²) >= 11 is 0. The van der Waals surface area contributed by atoms with Crippen molar-refractivity contribution in [2.24, 2.45) is 17.8 Å². The molecule has 152 valence electrons. The van der Waals surface area contributed by atoms with Crippen molar-refractivity contribution in [2.45, 2.75) is 58.3 Å². The minimum Gasteiger partial charge on any atom is -0.0909 e. The second-order valence-corrected chi connectivity index (χ2v) is 10.2. The molecule has 0 amide bonds. The molecule has 2 aromatic rings. The molecular formula is C30H32. The standard InChI is InChI=1S/C30H32/c1-18-7-6-10-24-20(3)26-14-13-25-19(2)23(16-29(25)30(26)17-28(18)24)15-22-12-11-21-8-4-5-9-27(21)22/h4-5,8-9,12-15,18,20,24,28H,2,6-7,10-11,16-17H2,1,3H3/b23-15+. The third-order valence-electron chi connectivity index (χ3n) is 8.80. The third kappa shape index (κ3) is 2.66. The van der Waals surface area contributed by atoms with Crippen LogP contribution in [-0.2, 0) is 19.3 Å². The number of allylic oxidation sites excluding steroid dienone is 5. The summed E-state index contributed by atoms with van der Waals surface area (Å²) in [5, 5.41) is 0. The average Bonchev–Trinajstić information content (AvgIpc) is 3.31. The average molecular weight is 393 g/mol. The van der Waals surface area contributed by atoms with Crippen molar-refractivity contribution in [3.63, 3.8) is 0 Å². The molecule has 4 atom stereocenters. The Kier molecular flexibility index (Phi) is 4.20. The number of rotatable bonds is 1. The molecule has 0 saturated heterocycles. The fourth-order valence-corrected chi connectivity index (χ4v) is 7.07. The second kappa shape index (κ2) is 6.84. The number of hydrogen-bond donors (Lipinski definition) is 0. The summed E-state index contributed by atoms with van der Waals surface area (Å²) in [6, 6.07) is 13.7. The molecule has 0 spiro atoms. The van der Waals surface area contributed by atoms with Crippen LogP contribution in [0.25, 0.3) is 11.1 Å². The Morgan fingerprint density at radius 2 is 1.80 bits per heavy atom. The SMILES string of the molecule is C=C1/C(=C/C2=CCc3ccccc32)Cc2c1ccc1c2CC2C(C)CCCC2C1C. The van der Waals surface area contributed by atoms with Gasteiger partial charge in [-0.1, -0.05) is 81.8 Å². The first-order valence-electron chi connectivity index (χ1n) is 11.9. The van der Waals surface area contributed by atoms with Gasteiger partial charge in [0.1, 0.15) is 0 Å². The number of fused-ring (bicyclic) bond motifs is 5. The summed E-state index contributed by atoms with van der Waals surface area (Å²) < 4.78 is 0. The van der Waals surface area contributed by atoms with Gasteiger partial charge in [0, 0.05) is 0 Å². The van der Waals surface area contributed by atoms with Crippen molar-refractivity contribution in [1.29, 1.82) is 0 Å². The maximum atomic E-state index is 4.54. The summed E-state index contributed by atoms with van der Waals surface area (Å²) in [5.74, 6) is 3.34. The van der Waals surface area contributed by atoms with Gasteiger partial charge in [-0.05, 0) is 99.5 Å². The topological polar surface area (TPSA) is 0 Å². The lowest BCUT2D eigenvalue weighted by Crippen LogP contribution is -2.36. The summed E-state index contributed by atoms with van der Waals surface area (Å²) in [6.07, 6.45) is 12.5. The van der Waals surface area contributed by atoms with Crippen LogP contribution in [0.15, 0.2) is 60.7 Å². The minimum atomic E-state index is 0.706. The smallest absolute Gasteiger partial charge is 0.00106 e. The van der Waals surface area contributed by atoms with Gasteiger partial charge in [-0.2, -0.15) is 0 Å². The van der Waals surface area contributed by atoms with Gasteiger partial charge in [-0.25, -0.2) is 0 Å². The van der Waals surface area contributed by atoms with Crippen LogP contribution in [0.5, 0.6) is 0 Å². The molecule has 0 aromatic heterocycles. The summed E-state index contributed by atoms with van der Waals surface area (Å²) in [5.41, 5.74) is 13.3. The van der Waals surface area contributed by atoms with Crippen LogP contribution in [0.3, 0.4) is 0 Å². The van der Waals surface area contributed by atoms with Crippen molar-refractivity contribution in [3.8, 4) is 0 Å². The van der Waals surface area contributed by atoms with Crippen LogP contribution in [0, 0.1) is 17.8 Å². The van der Waals surface area contributed by atoms with E-state index >= 15 is 0 Å². The molecule has 2 aromatic carbocycles. The highest BCUT2D eigenvalue weighted by Gasteiger charge is 2.40. The lowest BCUT2D eigenvalue weighted by molar-refractivity contribution is 0.131. The third-order valence-corrected chi connectivity index (χ3v) is 8.80. The van der Waals surface area contributed by atoms with E-state index in [0.717, 1.165) is 30.6 Å². The fourth-order valence-electron chi connectivity index (χ4n) is 7.07. The van der Waals surface area contributed by atoms with E-state index in [0.29, 0.717) is 5.92 Å². The predicted molar refractivity (Wildman–Crippen MR) is 128 cm³/mol. The minimum absolute atomic E-state index is 0.706. The van der Waals surface area contributed by atoms with E-state index in [1.165, 1.54) is 59.1 Å². The molecule has 0 nitrogen and oxygen atoms in total. The molecule has 4 unspecified atom stereocenters. The van der Waals surface area contributed by atoms with Crippen LogP contribution in [0.4, 0.5) is 0 Å². The van der Waals surface area contributed by atoms with E-state index in [9.17, 15) is 0 Å². The molecule has 0 N–H and O–H groups in total. The predicted octanol–water partition coefficient (Wildman–Crippen LogP) is 7.53. The first kappa shape index (κ1) is 18.4. The molecule has 0 radical (unpaired) electrons. The van der Waals surface area contributed by atoms with Gasteiger partial charge in [0.05, 0.1) is 0 Å². The van der Waals surface area contributed by atoms with Crippen LogP contribution >= 0.6 is 0 Å². The lowest BCUT2D eigenvalue weighted by atomic mass is 9.60. The molecule has 30 heavy (non-hydrogen) atoms. The molecule has 0 aliphatic heterocycles. The number of benzene rings is 2. The second-order valence-electron chi connectivity index (χ2n) is 10.2. The molecule has 0 heterocycles. The molecule has 0 heteroatoms. The highest BCUT2D eigenvalue weighted by molar-refractivity contribution is 5.91. The Hall–Kier alpha value is -2.34. The van der Waals surface area contributed by atoms with Crippen LogP contribution in [0.1, 0.15) is 72.4 Å². The van der Waals surface area contributed by atoms with E-state index < -0.39 is 0 Å². The lowest BCUT2D eigenvalue weighted by Gasteiger charge is -2.45. The fraction of sp³-hybridized carbons (Fsp3) is 0.400.